The minimum absolute atomic E-state index is 0.380. The van der Waals surface area contributed by atoms with Crippen LogP contribution in [0.2, 0.25) is 0 Å². The third-order valence-corrected chi connectivity index (χ3v) is 6.51. The smallest absolute Gasteiger partial charge is 0.164 e. The molecule has 0 atom stereocenters. The second kappa shape index (κ2) is 8.15. The standard InChI is InChI=1S/C24H16N2O2S2/c25-10-9-16-4-1-2-5-17(16)14-27-19-7-8-21-18(12-19)13-22(28-21)24-26-20(15-30-24)23-6-3-11-29-23/h1-8,11-13,15H,9,14H2. The van der Waals surface area contributed by atoms with Gasteiger partial charge in [-0.05, 0) is 46.8 Å². The number of nitrogens with zero attached hydrogens (tertiary/aromatic N) is 2. The van der Waals surface area contributed by atoms with Crippen molar-refractivity contribution in [1.82, 2.24) is 4.98 Å². The van der Waals surface area contributed by atoms with Gasteiger partial charge in [-0.25, -0.2) is 4.98 Å². The quantitative estimate of drug-likeness (QED) is 0.294. The number of rotatable bonds is 6. The van der Waals surface area contributed by atoms with Crippen LogP contribution in [0.3, 0.4) is 0 Å². The normalized spacial score (nSPS) is 10.9. The molecule has 0 aliphatic carbocycles. The Morgan fingerprint density at radius 2 is 1.90 bits per heavy atom. The molecule has 0 amide bonds. The molecule has 4 nitrogen and oxygen atoms in total. The summed E-state index contributed by atoms with van der Waals surface area (Å²) in [5, 5.41) is 14.9. The van der Waals surface area contributed by atoms with Crippen LogP contribution in [0.5, 0.6) is 5.75 Å². The summed E-state index contributed by atoms with van der Waals surface area (Å²) in [5.41, 5.74) is 3.80. The highest BCUT2D eigenvalue weighted by Gasteiger charge is 2.13. The summed E-state index contributed by atoms with van der Waals surface area (Å²) in [6.07, 6.45) is 0.380. The maximum atomic E-state index is 8.99. The van der Waals surface area contributed by atoms with Gasteiger partial charge in [0.25, 0.3) is 0 Å². The second-order valence-electron chi connectivity index (χ2n) is 6.72. The van der Waals surface area contributed by atoms with Crippen molar-refractivity contribution in [3.05, 3.63) is 82.6 Å². The molecule has 146 valence electrons. The molecule has 0 saturated heterocycles. The number of thiophene rings is 1. The molecule has 0 unspecified atom stereocenters. The summed E-state index contributed by atoms with van der Waals surface area (Å²) in [5.74, 6) is 1.52. The Morgan fingerprint density at radius 3 is 2.73 bits per heavy atom. The van der Waals surface area contributed by atoms with Crippen molar-refractivity contribution in [3.8, 4) is 33.2 Å². The second-order valence-corrected chi connectivity index (χ2v) is 8.52. The van der Waals surface area contributed by atoms with Gasteiger partial charge >= 0.3 is 0 Å². The Kier molecular flexibility index (Phi) is 5.06. The van der Waals surface area contributed by atoms with Crippen molar-refractivity contribution in [2.75, 3.05) is 0 Å². The molecule has 0 saturated carbocycles. The van der Waals surface area contributed by atoms with Gasteiger partial charge in [-0.15, -0.1) is 22.7 Å². The van der Waals surface area contributed by atoms with Crippen LogP contribution < -0.4 is 4.74 Å². The van der Waals surface area contributed by atoms with E-state index in [1.807, 2.05) is 54.6 Å². The summed E-state index contributed by atoms with van der Waals surface area (Å²) < 4.78 is 12.0. The van der Waals surface area contributed by atoms with Crippen molar-refractivity contribution in [2.45, 2.75) is 13.0 Å². The van der Waals surface area contributed by atoms with Crippen LogP contribution in [0.25, 0.3) is 32.3 Å². The molecule has 0 N–H and O–H groups in total. The van der Waals surface area contributed by atoms with E-state index in [1.165, 1.54) is 0 Å². The summed E-state index contributed by atoms with van der Waals surface area (Å²) >= 11 is 3.26. The van der Waals surface area contributed by atoms with Crippen LogP contribution in [0.15, 0.2) is 75.8 Å². The number of hydrogen-bond donors (Lipinski definition) is 0. The zero-order valence-electron chi connectivity index (χ0n) is 15.9. The highest BCUT2D eigenvalue weighted by Crippen LogP contribution is 2.35. The average molecular weight is 429 g/mol. The van der Waals surface area contributed by atoms with Gasteiger partial charge in [0, 0.05) is 10.8 Å². The minimum atomic E-state index is 0.380. The largest absolute Gasteiger partial charge is 0.489 e. The zero-order valence-corrected chi connectivity index (χ0v) is 17.5. The van der Waals surface area contributed by atoms with Crippen molar-refractivity contribution in [1.29, 1.82) is 5.26 Å². The molecular formula is C24H16N2O2S2. The van der Waals surface area contributed by atoms with E-state index in [2.05, 4.69) is 22.9 Å². The highest BCUT2D eigenvalue weighted by atomic mass is 32.1. The summed E-state index contributed by atoms with van der Waals surface area (Å²) in [6.45, 7) is 0.421. The molecule has 30 heavy (non-hydrogen) atoms. The lowest BCUT2D eigenvalue weighted by Gasteiger charge is -2.09. The van der Waals surface area contributed by atoms with Crippen LogP contribution >= 0.6 is 22.7 Å². The third kappa shape index (κ3) is 3.73. The number of ether oxygens (including phenoxy) is 1. The van der Waals surface area contributed by atoms with Crippen LogP contribution in [0.4, 0.5) is 0 Å². The monoisotopic (exact) mass is 428 g/mol. The van der Waals surface area contributed by atoms with Gasteiger partial charge < -0.3 is 9.15 Å². The van der Waals surface area contributed by atoms with E-state index in [9.17, 15) is 0 Å². The lowest BCUT2D eigenvalue weighted by molar-refractivity contribution is 0.305. The summed E-state index contributed by atoms with van der Waals surface area (Å²) in [6, 6.07) is 22.0. The molecule has 0 spiro atoms. The number of nitriles is 1. The Morgan fingerprint density at radius 1 is 1.00 bits per heavy atom. The fraction of sp³-hybridized carbons (Fsp3) is 0.0833. The van der Waals surface area contributed by atoms with E-state index in [4.69, 9.17) is 19.4 Å². The van der Waals surface area contributed by atoms with Gasteiger partial charge in [0.15, 0.2) is 10.8 Å². The maximum Gasteiger partial charge on any atom is 0.164 e. The lowest BCUT2D eigenvalue weighted by Crippen LogP contribution is -1.99. The van der Waals surface area contributed by atoms with Crippen LogP contribution in [0.1, 0.15) is 11.1 Å². The number of thiazole rings is 1. The van der Waals surface area contributed by atoms with Gasteiger partial charge in [-0.2, -0.15) is 5.26 Å². The average Bonchev–Trinajstić information content (AvgIpc) is 3.52. The molecule has 0 aliphatic rings. The van der Waals surface area contributed by atoms with Crippen molar-refractivity contribution < 1.29 is 9.15 Å². The lowest BCUT2D eigenvalue weighted by atomic mass is 10.1. The number of fused-ring (bicyclic) bond motifs is 1. The Hall–Kier alpha value is -3.40. The Balaban J connectivity index is 1.36. The summed E-state index contributed by atoms with van der Waals surface area (Å²) in [7, 11) is 0. The molecule has 0 fully saturated rings. The highest BCUT2D eigenvalue weighted by molar-refractivity contribution is 7.15. The maximum absolute atomic E-state index is 8.99. The first-order valence-corrected chi connectivity index (χ1v) is 11.2. The first-order chi connectivity index (χ1) is 14.8. The van der Waals surface area contributed by atoms with Crippen molar-refractivity contribution in [2.24, 2.45) is 0 Å². The van der Waals surface area contributed by atoms with Gasteiger partial charge in [-0.3, -0.25) is 0 Å². The van der Waals surface area contributed by atoms with Crippen LogP contribution in [0, 0.1) is 11.3 Å². The molecule has 2 aromatic carbocycles. The fourth-order valence-electron chi connectivity index (χ4n) is 3.26. The molecule has 0 aliphatic heterocycles. The van der Waals surface area contributed by atoms with Crippen molar-refractivity contribution >= 4 is 33.6 Å². The molecule has 5 aromatic rings. The van der Waals surface area contributed by atoms with Crippen LogP contribution in [-0.4, -0.2) is 4.98 Å². The molecule has 6 heteroatoms. The molecule has 5 rings (SSSR count). The van der Waals surface area contributed by atoms with E-state index >= 15 is 0 Å². The number of aromatic nitrogens is 1. The predicted molar refractivity (Wildman–Crippen MR) is 121 cm³/mol. The van der Waals surface area contributed by atoms with E-state index in [-0.39, 0.29) is 0 Å². The van der Waals surface area contributed by atoms with Gasteiger partial charge in [-0.1, -0.05) is 30.3 Å². The predicted octanol–water partition coefficient (Wildman–Crippen LogP) is 6.93. The first kappa shape index (κ1) is 18.6. The summed E-state index contributed by atoms with van der Waals surface area (Å²) in [4.78, 5) is 5.88. The zero-order chi connectivity index (χ0) is 20.3. The van der Waals surface area contributed by atoms with Crippen LogP contribution in [-0.2, 0) is 13.0 Å². The van der Waals surface area contributed by atoms with E-state index in [1.54, 1.807) is 22.7 Å². The van der Waals surface area contributed by atoms with Crippen molar-refractivity contribution in [3.63, 3.8) is 0 Å². The molecule has 3 heterocycles. The minimum Gasteiger partial charge on any atom is -0.489 e. The SMILES string of the molecule is N#CCc1ccccc1COc1ccc2oc(-c3nc(-c4cccs4)cs3)cc2c1. The number of benzene rings is 2. The molecule has 0 radical (unpaired) electrons. The molecular weight excluding hydrogens is 412 g/mol. The topological polar surface area (TPSA) is 59.0 Å². The van der Waals surface area contributed by atoms with E-state index in [0.717, 1.165) is 49.2 Å². The molecule has 3 aromatic heterocycles. The third-order valence-electron chi connectivity index (χ3n) is 4.76. The number of hydrogen-bond acceptors (Lipinski definition) is 6. The fourth-order valence-corrected chi connectivity index (χ4v) is 4.79. The van der Waals surface area contributed by atoms with Gasteiger partial charge in [0.1, 0.15) is 17.9 Å². The van der Waals surface area contributed by atoms with E-state index in [0.29, 0.717) is 13.0 Å². The van der Waals surface area contributed by atoms with Gasteiger partial charge in [0.2, 0.25) is 0 Å². The number of furan rings is 1. The molecule has 0 bridgehead atoms. The van der Waals surface area contributed by atoms with Gasteiger partial charge in [0.05, 0.1) is 23.1 Å². The first-order valence-electron chi connectivity index (χ1n) is 9.40. The Bertz CT molecular complexity index is 1340. The Labute approximate surface area is 181 Å². The van der Waals surface area contributed by atoms with E-state index < -0.39 is 0 Å².